The average molecular weight is 334 g/mol. The highest BCUT2D eigenvalue weighted by molar-refractivity contribution is 5.68. The zero-order valence-corrected chi connectivity index (χ0v) is 14.8. The second-order valence-electron chi connectivity index (χ2n) is 7.83. The molecule has 0 N–H and O–H groups in total. The number of piperidine rings is 1. The summed E-state index contributed by atoms with van der Waals surface area (Å²) in [7, 11) is 0. The Morgan fingerprint density at radius 2 is 1.88 bits per heavy atom. The normalized spacial score (nSPS) is 19.9. The smallest absolute Gasteiger partial charge is 0.410 e. The van der Waals surface area contributed by atoms with Crippen molar-refractivity contribution < 1.29 is 13.9 Å². The fraction of sp³-hybridized carbons (Fsp3) is 0.632. The van der Waals surface area contributed by atoms with E-state index in [-0.39, 0.29) is 11.9 Å². The largest absolute Gasteiger partial charge is 0.444 e. The van der Waals surface area contributed by atoms with Crippen LogP contribution in [0.3, 0.4) is 0 Å². The lowest BCUT2D eigenvalue weighted by Gasteiger charge is -2.40. The summed E-state index contributed by atoms with van der Waals surface area (Å²) >= 11 is 0. The Hall–Kier alpha value is -1.62. The van der Waals surface area contributed by atoms with E-state index >= 15 is 0 Å². The molecule has 5 heteroatoms. The van der Waals surface area contributed by atoms with Crippen LogP contribution in [-0.2, 0) is 17.7 Å². The predicted octanol–water partition coefficient (Wildman–Crippen LogP) is 3.58. The first kappa shape index (κ1) is 17.2. The molecule has 2 heterocycles. The van der Waals surface area contributed by atoms with Gasteiger partial charge in [-0.25, -0.2) is 9.18 Å². The Bertz CT molecular complexity index is 604. The van der Waals surface area contributed by atoms with Gasteiger partial charge in [-0.3, -0.25) is 4.90 Å². The topological polar surface area (TPSA) is 32.8 Å². The first-order chi connectivity index (χ1) is 11.3. The quantitative estimate of drug-likeness (QED) is 0.787. The number of carbonyl (C=O) groups is 1. The number of carbonyl (C=O) groups excluding carboxylic acids is 1. The summed E-state index contributed by atoms with van der Waals surface area (Å²) < 4.78 is 18.8. The van der Waals surface area contributed by atoms with Gasteiger partial charge in [-0.1, -0.05) is 6.07 Å². The molecule has 0 unspecified atom stereocenters. The molecular weight excluding hydrogens is 307 g/mol. The molecule has 0 bridgehead atoms. The lowest BCUT2D eigenvalue weighted by molar-refractivity contribution is 0.0134. The number of hydrogen-bond acceptors (Lipinski definition) is 3. The summed E-state index contributed by atoms with van der Waals surface area (Å²) in [6, 6.07) is 5.61. The molecule has 1 aromatic carbocycles. The van der Waals surface area contributed by atoms with Gasteiger partial charge in [0.2, 0.25) is 0 Å². The third-order valence-corrected chi connectivity index (χ3v) is 4.84. The third kappa shape index (κ3) is 4.07. The van der Waals surface area contributed by atoms with Crippen LogP contribution in [0.15, 0.2) is 18.2 Å². The summed E-state index contributed by atoms with van der Waals surface area (Å²) in [6.45, 7) is 9.02. The Morgan fingerprint density at radius 3 is 2.54 bits per heavy atom. The van der Waals surface area contributed by atoms with Gasteiger partial charge >= 0.3 is 6.09 Å². The van der Waals surface area contributed by atoms with Crippen molar-refractivity contribution >= 4 is 6.09 Å². The Labute approximate surface area is 143 Å². The average Bonchev–Trinajstić information content (AvgIpc) is 2.53. The summed E-state index contributed by atoms with van der Waals surface area (Å²) in [4.78, 5) is 16.4. The first-order valence-electron chi connectivity index (χ1n) is 8.81. The molecule has 0 aromatic heterocycles. The number of rotatable bonds is 1. The first-order valence-corrected chi connectivity index (χ1v) is 8.81. The molecule has 2 aliphatic rings. The monoisotopic (exact) mass is 334 g/mol. The molecule has 0 aliphatic carbocycles. The van der Waals surface area contributed by atoms with E-state index in [0.29, 0.717) is 6.04 Å². The van der Waals surface area contributed by atoms with Gasteiger partial charge < -0.3 is 9.64 Å². The van der Waals surface area contributed by atoms with E-state index in [4.69, 9.17) is 4.74 Å². The molecule has 1 aromatic rings. The Balaban J connectivity index is 1.54. The van der Waals surface area contributed by atoms with E-state index < -0.39 is 5.60 Å². The van der Waals surface area contributed by atoms with Crippen LogP contribution in [0.25, 0.3) is 0 Å². The molecule has 4 nitrogen and oxygen atoms in total. The van der Waals surface area contributed by atoms with Gasteiger partial charge in [0, 0.05) is 32.2 Å². The van der Waals surface area contributed by atoms with Crippen LogP contribution in [0, 0.1) is 5.82 Å². The van der Waals surface area contributed by atoms with E-state index in [1.807, 2.05) is 31.7 Å². The van der Waals surface area contributed by atoms with E-state index in [2.05, 4.69) is 4.90 Å². The zero-order valence-electron chi connectivity index (χ0n) is 14.8. The van der Waals surface area contributed by atoms with Crippen molar-refractivity contribution in [3.05, 3.63) is 35.1 Å². The van der Waals surface area contributed by atoms with Crippen molar-refractivity contribution in [3.63, 3.8) is 0 Å². The lowest BCUT2D eigenvalue weighted by Crippen LogP contribution is -2.49. The van der Waals surface area contributed by atoms with E-state index in [0.717, 1.165) is 51.0 Å². The zero-order chi connectivity index (χ0) is 17.3. The SMILES string of the molecule is CC(C)(C)OC(=O)N1CCC(N2CCc3cc(F)ccc3C2)CC1. The van der Waals surface area contributed by atoms with E-state index in [1.54, 1.807) is 12.1 Å². The van der Waals surface area contributed by atoms with Crippen LogP contribution in [-0.4, -0.2) is 47.2 Å². The van der Waals surface area contributed by atoms with Gasteiger partial charge in [0.15, 0.2) is 0 Å². The van der Waals surface area contributed by atoms with Crippen molar-refractivity contribution in [2.24, 2.45) is 0 Å². The van der Waals surface area contributed by atoms with Gasteiger partial charge in [0.25, 0.3) is 0 Å². The molecule has 0 saturated carbocycles. The minimum Gasteiger partial charge on any atom is -0.444 e. The number of amides is 1. The van der Waals surface area contributed by atoms with Crippen molar-refractivity contribution in [2.45, 2.75) is 58.2 Å². The van der Waals surface area contributed by atoms with E-state index in [1.165, 1.54) is 5.56 Å². The van der Waals surface area contributed by atoms with Crippen molar-refractivity contribution in [3.8, 4) is 0 Å². The molecule has 1 fully saturated rings. The summed E-state index contributed by atoms with van der Waals surface area (Å²) in [5, 5.41) is 0. The molecule has 1 saturated heterocycles. The molecule has 0 atom stereocenters. The fourth-order valence-electron chi connectivity index (χ4n) is 3.60. The van der Waals surface area contributed by atoms with Crippen molar-refractivity contribution in [2.75, 3.05) is 19.6 Å². The number of hydrogen-bond donors (Lipinski definition) is 0. The lowest BCUT2D eigenvalue weighted by atomic mass is 9.95. The maximum absolute atomic E-state index is 13.3. The van der Waals surface area contributed by atoms with Gasteiger partial charge in [-0.2, -0.15) is 0 Å². The maximum atomic E-state index is 13.3. The molecule has 0 spiro atoms. The fourth-order valence-corrected chi connectivity index (χ4v) is 3.60. The third-order valence-electron chi connectivity index (χ3n) is 4.84. The van der Waals surface area contributed by atoms with Crippen LogP contribution in [0.4, 0.5) is 9.18 Å². The highest BCUT2D eigenvalue weighted by Gasteiger charge is 2.30. The molecule has 2 aliphatic heterocycles. The Morgan fingerprint density at radius 1 is 1.17 bits per heavy atom. The van der Waals surface area contributed by atoms with Crippen LogP contribution in [0.2, 0.25) is 0 Å². The van der Waals surface area contributed by atoms with Gasteiger partial charge in [-0.05, 0) is 63.3 Å². The van der Waals surface area contributed by atoms with Gasteiger partial charge in [0.05, 0.1) is 0 Å². The molecule has 24 heavy (non-hydrogen) atoms. The second-order valence-corrected chi connectivity index (χ2v) is 7.83. The maximum Gasteiger partial charge on any atom is 0.410 e. The number of fused-ring (bicyclic) bond motifs is 1. The van der Waals surface area contributed by atoms with Crippen LogP contribution < -0.4 is 0 Å². The van der Waals surface area contributed by atoms with Crippen molar-refractivity contribution in [1.82, 2.24) is 9.80 Å². The Kier molecular flexibility index (Phi) is 4.81. The van der Waals surface area contributed by atoms with Gasteiger partial charge in [0.1, 0.15) is 11.4 Å². The molecule has 1 amide bonds. The molecule has 0 radical (unpaired) electrons. The number of benzene rings is 1. The van der Waals surface area contributed by atoms with Crippen molar-refractivity contribution in [1.29, 1.82) is 0 Å². The highest BCUT2D eigenvalue weighted by atomic mass is 19.1. The van der Waals surface area contributed by atoms with E-state index in [9.17, 15) is 9.18 Å². The summed E-state index contributed by atoms with van der Waals surface area (Å²) in [5.41, 5.74) is 1.93. The highest BCUT2D eigenvalue weighted by Crippen LogP contribution is 2.26. The molecular formula is C19H27FN2O2. The molecule has 3 rings (SSSR count). The summed E-state index contributed by atoms with van der Waals surface area (Å²) in [5.74, 6) is -0.145. The summed E-state index contributed by atoms with van der Waals surface area (Å²) in [6.07, 6.45) is 2.63. The van der Waals surface area contributed by atoms with Crippen LogP contribution in [0.5, 0.6) is 0 Å². The number of ether oxygens (including phenoxy) is 1. The second kappa shape index (κ2) is 6.71. The number of likely N-dealkylation sites (tertiary alicyclic amines) is 1. The van der Waals surface area contributed by atoms with Crippen LogP contribution in [0.1, 0.15) is 44.7 Å². The number of nitrogens with zero attached hydrogens (tertiary/aromatic N) is 2. The predicted molar refractivity (Wildman–Crippen MR) is 91.3 cm³/mol. The standard InChI is InChI=1S/C19H27FN2O2/c1-19(2,3)24-18(23)21-10-7-17(8-11-21)22-9-6-14-12-16(20)5-4-15(14)13-22/h4-5,12,17H,6-11,13H2,1-3H3. The minimum absolute atomic E-state index is 0.145. The van der Waals surface area contributed by atoms with Gasteiger partial charge in [-0.15, -0.1) is 0 Å². The number of halogens is 1. The van der Waals surface area contributed by atoms with Crippen LogP contribution >= 0.6 is 0 Å². The minimum atomic E-state index is -0.445. The molecule has 132 valence electrons.